The van der Waals surface area contributed by atoms with Crippen LogP contribution in [0, 0.1) is 0 Å². The second-order valence-corrected chi connectivity index (χ2v) is 6.59. The van der Waals surface area contributed by atoms with Gasteiger partial charge in [0, 0.05) is 0 Å². The predicted octanol–water partition coefficient (Wildman–Crippen LogP) is 3.84. The van der Waals surface area contributed by atoms with Crippen LogP contribution < -0.4 is 4.74 Å². The Hall–Kier alpha value is -1.40. The normalized spacial score (nSPS) is 15.0. The Balaban J connectivity index is 1.81. The Kier molecular flexibility index (Phi) is 6.86. The van der Waals surface area contributed by atoms with Crippen LogP contribution in [0.2, 0.25) is 0 Å². The number of hydrazone groups is 1. The largest absolute Gasteiger partial charge is 0.494 e. The summed E-state index contributed by atoms with van der Waals surface area (Å²) >= 11 is 6.41. The summed E-state index contributed by atoms with van der Waals surface area (Å²) < 4.78 is 6.19. The van der Waals surface area contributed by atoms with E-state index < -0.39 is 0 Å². The minimum absolute atomic E-state index is 0.0710. The van der Waals surface area contributed by atoms with E-state index in [4.69, 9.17) is 17.0 Å². The third-order valence-corrected chi connectivity index (χ3v) is 4.53. The molecule has 1 aliphatic heterocycles. The molecule has 6 heteroatoms. The van der Waals surface area contributed by atoms with Crippen molar-refractivity contribution < 1.29 is 9.53 Å². The molecule has 0 saturated carbocycles. The molecule has 0 N–H and O–H groups in total. The maximum atomic E-state index is 11.5. The summed E-state index contributed by atoms with van der Waals surface area (Å²) in [4.78, 5) is 11.5. The molecule has 0 unspecified atom stereocenters. The number of thiocarbonyl (C=S) groups is 1. The first-order valence-corrected chi connectivity index (χ1v) is 8.86. The van der Waals surface area contributed by atoms with E-state index in [1.165, 1.54) is 36.0 Å². The van der Waals surface area contributed by atoms with Gasteiger partial charge in [0.1, 0.15) is 5.75 Å². The van der Waals surface area contributed by atoms with Gasteiger partial charge in [0.25, 0.3) is 5.91 Å². The molecule has 0 bridgehead atoms. The van der Waals surface area contributed by atoms with Crippen LogP contribution in [0.3, 0.4) is 0 Å². The highest BCUT2D eigenvalue weighted by atomic mass is 32.2. The molecule has 1 saturated heterocycles. The molecule has 1 amide bonds. The van der Waals surface area contributed by atoms with E-state index in [1.54, 1.807) is 6.21 Å². The summed E-state index contributed by atoms with van der Waals surface area (Å²) in [6.45, 7) is 2.95. The Labute approximate surface area is 140 Å². The number of carbonyl (C=O) groups is 1. The molecule has 22 heavy (non-hydrogen) atoms. The predicted molar refractivity (Wildman–Crippen MR) is 95.6 cm³/mol. The molecule has 0 atom stereocenters. The van der Waals surface area contributed by atoms with Crippen molar-refractivity contribution in [1.29, 1.82) is 0 Å². The average Bonchev–Trinajstić information content (AvgIpc) is 2.85. The standard InChI is InChI=1S/C16H20N2O2S2/c1-2-3-4-5-10-20-14-8-6-13(7-9-14)11-17-18-15(19)12-22-16(18)21/h6-9,11H,2-5,10,12H2,1H3. The second-order valence-electron chi connectivity index (χ2n) is 4.98. The molecule has 0 radical (unpaired) electrons. The van der Waals surface area contributed by atoms with Crippen LogP contribution in [0.1, 0.15) is 38.2 Å². The van der Waals surface area contributed by atoms with Crippen LogP contribution >= 0.6 is 24.0 Å². The van der Waals surface area contributed by atoms with E-state index in [-0.39, 0.29) is 5.91 Å². The lowest BCUT2D eigenvalue weighted by atomic mass is 10.2. The number of hydrogen-bond acceptors (Lipinski definition) is 5. The van der Waals surface area contributed by atoms with Gasteiger partial charge in [0.15, 0.2) is 4.32 Å². The highest BCUT2D eigenvalue weighted by molar-refractivity contribution is 8.23. The minimum atomic E-state index is -0.0710. The molecule has 1 fully saturated rings. The van der Waals surface area contributed by atoms with E-state index >= 15 is 0 Å². The molecule has 1 heterocycles. The van der Waals surface area contributed by atoms with E-state index in [1.807, 2.05) is 24.3 Å². The molecule has 1 aromatic carbocycles. The van der Waals surface area contributed by atoms with Crippen LogP contribution in [-0.4, -0.2) is 33.8 Å². The lowest BCUT2D eigenvalue weighted by Crippen LogP contribution is -2.22. The molecular weight excluding hydrogens is 316 g/mol. The maximum absolute atomic E-state index is 11.5. The fourth-order valence-corrected chi connectivity index (χ4v) is 2.92. The van der Waals surface area contributed by atoms with Gasteiger partial charge < -0.3 is 4.74 Å². The first kappa shape index (κ1) is 17.0. The summed E-state index contributed by atoms with van der Waals surface area (Å²) in [5.41, 5.74) is 0.908. The van der Waals surface area contributed by atoms with Crippen LogP contribution in [0.5, 0.6) is 5.75 Å². The van der Waals surface area contributed by atoms with Gasteiger partial charge in [-0.1, -0.05) is 50.2 Å². The SMILES string of the molecule is CCCCCCOc1ccc(C=NN2C(=O)CSC2=S)cc1. The zero-order valence-electron chi connectivity index (χ0n) is 12.7. The Bertz CT molecular complexity index is 528. The molecule has 118 valence electrons. The number of carbonyl (C=O) groups excluding carboxylic acids is 1. The number of hydrogen-bond donors (Lipinski definition) is 0. The molecule has 0 spiro atoms. The van der Waals surface area contributed by atoms with Crippen LogP contribution in [0.15, 0.2) is 29.4 Å². The number of unbranched alkanes of at least 4 members (excludes halogenated alkanes) is 3. The van der Waals surface area contributed by atoms with Crippen molar-refractivity contribution in [2.75, 3.05) is 12.4 Å². The molecular formula is C16H20N2O2S2. The zero-order chi connectivity index (χ0) is 15.8. The molecule has 1 aliphatic rings. The lowest BCUT2D eigenvalue weighted by molar-refractivity contribution is -0.123. The Morgan fingerprint density at radius 3 is 2.73 bits per heavy atom. The topological polar surface area (TPSA) is 41.9 Å². The third kappa shape index (κ3) is 5.10. The number of rotatable bonds is 8. The van der Waals surface area contributed by atoms with Gasteiger partial charge in [-0.25, -0.2) is 0 Å². The first-order valence-electron chi connectivity index (χ1n) is 7.47. The molecule has 4 nitrogen and oxygen atoms in total. The van der Waals surface area contributed by atoms with Crippen molar-refractivity contribution in [3.63, 3.8) is 0 Å². The highest BCUT2D eigenvalue weighted by Gasteiger charge is 2.25. The van der Waals surface area contributed by atoms with E-state index in [0.717, 1.165) is 24.3 Å². The minimum Gasteiger partial charge on any atom is -0.494 e. The van der Waals surface area contributed by atoms with Crippen LogP contribution in [0.25, 0.3) is 0 Å². The second kappa shape index (κ2) is 8.90. The number of thioether (sulfide) groups is 1. The van der Waals surface area contributed by atoms with Crippen LogP contribution in [-0.2, 0) is 4.79 Å². The monoisotopic (exact) mass is 336 g/mol. The zero-order valence-corrected chi connectivity index (χ0v) is 14.3. The van der Waals surface area contributed by atoms with Crippen molar-refractivity contribution in [2.45, 2.75) is 32.6 Å². The number of amides is 1. The van der Waals surface area contributed by atoms with Gasteiger partial charge in [0.2, 0.25) is 0 Å². The maximum Gasteiger partial charge on any atom is 0.259 e. The van der Waals surface area contributed by atoms with Crippen molar-refractivity contribution >= 4 is 40.4 Å². The van der Waals surface area contributed by atoms with Gasteiger partial charge in [-0.2, -0.15) is 10.1 Å². The fourth-order valence-electron chi connectivity index (χ4n) is 1.95. The third-order valence-electron chi connectivity index (χ3n) is 3.20. The average molecular weight is 336 g/mol. The van der Waals surface area contributed by atoms with Gasteiger partial charge >= 0.3 is 0 Å². The smallest absolute Gasteiger partial charge is 0.259 e. The lowest BCUT2D eigenvalue weighted by Gasteiger charge is -2.07. The van der Waals surface area contributed by atoms with E-state index in [2.05, 4.69) is 12.0 Å². The van der Waals surface area contributed by atoms with Crippen molar-refractivity contribution in [1.82, 2.24) is 5.01 Å². The number of ether oxygens (including phenoxy) is 1. The highest BCUT2D eigenvalue weighted by Crippen LogP contribution is 2.19. The van der Waals surface area contributed by atoms with Gasteiger partial charge in [-0.15, -0.1) is 0 Å². The molecule has 1 aromatic rings. The van der Waals surface area contributed by atoms with Gasteiger partial charge in [-0.3, -0.25) is 4.79 Å². The van der Waals surface area contributed by atoms with Crippen LogP contribution in [0.4, 0.5) is 0 Å². The quantitative estimate of drug-likeness (QED) is 0.411. The van der Waals surface area contributed by atoms with Gasteiger partial charge in [0.05, 0.1) is 18.6 Å². The first-order chi connectivity index (χ1) is 10.7. The van der Waals surface area contributed by atoms with E-state index in [9.17, 15) is 4.79 Å². The Morgan fingerprint density at radius 2 is 2.09 bits per heavy atom. The summed E-state index contributed by atoms with van der Waals surface area (Å²) in [6.07, 6.45) is 6.43. The van der Waals surface area contributed by atoms with E-state index in [0.29, 0.717) is 10.1 Å². The Morgan fingerprint density at radius 1 is 1.32 bits per heavy atom. The molecule has 0 aromatic heterocycles. The molecule has 0 aliphatic carbocycles. The van der Waals surface area contributed by atoms with Crippen molar-refractivity contribution in [2.24, 2.45) is 5.10 Å². The fraction of sp³-hybridized carbons (Fsp3) is 0.438. The number of nitrogens with zero attached hydrogens (tertiary/aromatic N) is 2. The van der Waals surface area contributed by atoms with Crippen molar-refractivity contribution in [3.8, 4) is 5.75 Å². The summed E-state index contributed by atoms with van der Waals surface area (Å²) in [5.74, 6) is 1.16. The molecule has 2 rings (SSSR count). The van der Waals surface area contributed by atoms with Crippen molar-refractivity contribution in [3.05, 3.63) is 29.8 Å². The summed E-state index contributed by atoms with van der Waals surface area (Å²) in [7, 11) is 0. The number of benzene rings is 1. The summed E-state index contributed by atoms with van der Waals surface area (Å²) in [5, 5.41) is 5.41. The van der Waals surface area contributed by atoms with Gasteiger partial charge in [-0.05, 0) is 36.2 Å². The summed E-state index contributed by atoms with van der Waals surface area (Å²) in [6, 6.07) is 7.67.